The fraction of sp³-hybridized carbons (Fsp3) is 0.955. The van der Waals surface area contributed by atoms with Crippen LogP contribution < -0.4 is 10.2 Å². The van der Waals surface area contributed by atoms with Crippen LogP contribution in [0.2, 0.25) is 8.87 Å². The van der Waals surface area contributed by atoms with Crippen LogP contribution in [0, 0.1) is 0 Å². The minimum atomic E-state index is -1.34. The van der Waals surface area contributed by atoms with Gasteiger partial charge in [-0.3, -0.25) is 0 Å². The summed E-state index contributed by atoms with van der Waals surface area (Å²) in [6.45, 7) is 9.09. The van der Waals surface area contributed by atoms with Crippen LogP contribution in [0.3, 0.4) is 0 Å². The first-order chi connectivity index (χ1) is 24.8. The number of carbonyl (C=O) groups excluding carboxylic acids is 2. The molecule has 0 fully saturated rings. The van der Waals surface area contributed by atoms with E-state index in [1.807, 2.05) is 0 Å². The zero-order valence-electron chi connectivity index (χ0n) is 34.6. The van der Waals surface area contributed by atoms with Crippen LogP contribution in [0.5, 0.6) is 0 Å². The first-order valence-corrected chi connectivity index (χ1v) is 26.3. The second-order valence-corrected chi connectivity index (χ2v) is 19.2. The van der Waals surface area contributed by atoms with E-state index in [1.54, 1.807) is 8.87 Å². The normalized spacial score (nSPS) is 11.9. The van der Waals surface area contributed by atoms with Crippen LogP contribution in [0.15, 0.2) is 0 Å². The van der Waals surface area contributed by atoms with Gasteiger partial charge in [0.2, 0.25) is 0 Å². The molecule has 0 saturated carbocycles. The van der Waals surface area contributed by atoms with Crippen LogP contribution in [0.1, 0.15) is 246 Å². The fourth-order valence-corrected chi connectivity index (χ4v) is 10.2. The van der Waals surface area contributed by atoms with Gasteiger partial charge in [-0.1, -0.05) is 194 Å². The van der Waals surface area contributed by atoms with Crippen molar-refractivity contribution in [2.75, 3.05) is 0 Å². The Hall–Kier alpha value is -0.341. The molecule has 0 radical (unpaired) electrons. The minimum absolute atomic E-state index is 0.149. The van der Waals surface area contributed by atoms with Crippen LogP contribution in [-0.2, 0) is 9.59 Å². The van der Waals surface area contributed by atoms with Crippen molar-refractivity contribution in [3.8, 4) is 0 Å². The summed E-state index contributed by atoms with van der Waals surface area (Å²) >= 11 is 0.149. The van der Waals surface area contributed by atoms with E-state index in [1.165, 1.54) is 167 Å². The van der Waals surface area contributed by atoms with Gasteiger partial charge in [-0.25, -0.2) is 0 Å². The van der Waals surface area contributed by atoms with Gasteiger partial charge >= 0.3 is 69.5 Å². The van der Waals surface area contributed by atoms with Gasteiger partial charge in [0.1, 0.15) is 0 Å². The van der Waals surface area contributed by atoms with Gasteiger partial charge in [0.05, 0.1) is 24.1 Å². The van der Waals surface area contributed by atoms with E-state index in [9.17, 15) is 19.8 Å². The van der Waals surface area contributed by atoms with Crippen molar-refractivity contribution in [1.29, 1.82) is 0 Å². The molecule has 2 atom stereocenters. The number of carboxylic acid groups (broad SMARTS) is 2. The zero-order chi connectivity index (χ0) is 38.5. The zero-order valence-corrected chi connectivity index (χ0v) is 37.5. The van der Waals surface area contributed by atoms with Crippen molar-refractivity contribution in [1.82, 2.24) is 0 Å². The molecule has 0 spiro atoms. The molecule has 2 unspecified atom stereocenters. The first kappa shape index (κ1) is 55.0. The molecule has 51 heavy (non-hydrogen) atoms. The maximum atomic E-state index is 10.3. The summed E-state index contributed by atoms with van der Waals surface area (Å²) in [4.78, 5) is 20.6. The van der Waals surface area contributed by atoms with E-state index in [4.69, 9.17) is 10.2 Å². The van der Waals surface area contributed by atoms with E-state index < -0.39 is 24.1 Å². The molecule has 0 aliphatic rings. The molecule has 0 bridgehead atoms. The van der Waals surface area contributed by atoms with Crippen molar-refractivity contribution in [2.45, 2.75) is 267 Å². The number of rotatable bonds is 38. The molecule has 0 heterocycles. The van der Waals surface area contributed by atoms with Gasteiger partial charge in [0, 0.05) is 0 Å². The predicted octanol–water partition coefficient (Wildman–Crippen LogP) is 11.1. The molecule has 304 valence electrons. The van der Waals surface area contributed by atoms with E-state index in [0.717, 1.165) is 38.5 Å². The molecule has 0 rings (SSSR count). The Morgan fingerprint density at radius 1 is 0.373 bits per heavy atom. The first-order valence-electron chi connectivity index (χ1n) is 22.3. The number of aliphatic hydroxyl groups excluding tert-OH is 2. The van der Waals surface area contributed by atoms with Crippen LogP contribution in [0.25, 0.3) is 0 Å². The molecule has 2 N–H and O–H groups in total. The summed E-state index contributed by atoms with van der Waals surface area (Å²) in [5, 5.41) is 38.7. The molecular formula is C44H88O6Sn. The third-order valence-electron chi connectivity index (χ3n) is 9.62. The quantitative estimate of drug-likeness (QED) is 0.0472. The Kier molecular flexibility index (Phi) is 53.6. The second-order valence-electron chi connectivity index (χ2n) is 14.9. The van der Waals surface area contributed by atoms with Crippen molar-refractivity contribution in [3.63, 3.8) is 0 Å². The van der Waals surface area contributed by atoms with Gasteiger partial charge in [0.25, 0.3) is 0 Å². The van der Waals surface area contributed by atoms with Gasteiger partial charge in [-0.05, 0) is 12.8 Å². The van der Waals surface area contributed by atoms with Crippen LogP contribution in [-0.4, -0.2) is 55.5 Å². The molecule has 0 aromatic heterocycles. The molecule has 0 aliphatic carbocycles. The van der Waals surface area contributed by atoms with Crippen LogP contribution >= 0.6 is 0 Å². The molecule has 6 nitrogen and oxygen atoms in total. The summed E-state index contributed by atoms with van der Waals surface area (Å²) in [5.41, 5.74) is 0. The van der Waals surface area contributed by atoms with Crippen molar-refractivity contribution in [2.24, 2.45) is 0 Å². The third kappa shape index (κ3) is 54.1. The van der Waals surface area contributed by atoms with E-state index in [-0.39, 0.29) is 21.1 Å². The molecule has 0 amide bonds. The molecular weight excluding hydrogens is 743 g/mol. The van der Waals surface area contributed by atoms with Crippen molar-refractivity contribution in [3.05, 3.63) is 0 Å². The van der Waals surface area contributed by atoms with Crippen molar-refractivity contribution < 1.29 is 30.0 Å². The van der Waals surface area contributed by atoms with E-state index in [0.29, 0.717) is 12.8 Å². The van der Waals surface area contributed by atoms with Gasteiger partial charge < -0.3 is 30.0 Å². The number of carbonyl (C=O) groups is 2. The Balaban J connectivity index is -0.000000731. The molecule has 0 saturated heterocycles. The number of hydrogen-bond acceptors (Lipinski definition) is 6. The molecule has 7 heteroatoms. The summed E-state index contributed by atoms with van der Waals surface area (Å²) in [6.07, 6.45) is 39.7. The Morgan fingerprint density at radius 3 is 0.765 bits per heavy atom. The molecule has 0 aromatic carbocycles. The average Bonchev–Trinajstić information content (AvgIpc) is 3.12. The van der Waals surface area contributed by atoms with Crippen molar-refractivity contribution >= 4 is 33.1 Å². The predicted molar refractivity (Wildman–Crippen MR) is 217 cm³/mol. The number of aliphatic carboxylic acids is 2. The Bertz CT molecular complexity index is 608. The molecule has 0 aliphatic heterocycles. The maximum absolute atomic E-state index is 10.3. The van der Waals surface area contributed by atoms with E-state index >= 15 is 0 Å². The number of hydrogen-bond donors (Lipinski definition) is 2. The average molecular weight is 832 g/mol. The summed E-state index contributed by atoms with van der Waals surface area (Å²) in [6, 6.07) is 0. The summed E-state index contributed by atoms with van der Waals surface area (Å²) in [7, 11) is 0. The fourth-order valence-electron chi connectivity index (χ4n) is 6.03. The SMILES string of the molecule is CCCCCCCCCCCCCCCCC(O)C(=O)[O-].CCCCCCCCCCCCCCCCC(O)C(=O)[O-].CCC[CH2][Sn+2][CH2]CCC. The van der Waals surface area contributed by atoms with Gasteiger partial charge in [-0.15, -0.1) is 0 Å². The number of aliphatic hydroxyl groups is 2. The number of unbranched alkanes of at least 4 members (excludes halogenated alkanes) is 28. The third-order valence-corrected chi connectivity index (χ3v) is 13.7. The summed E-state index contributed by atoms with van der Waals surface area (Å²) < 4.78 is 3.25. The Morgan fingerprint density at radius 2 is 0.569 bits per heavy atom. The topological polar surface area (TPSA) is 121 Å². The standard InChI is InChI=1S/2C18H36O3.2C4H9.Sn/c2*1-2-3-4-5-6-7-8-9-10-11-12-13-14-15-16-17(19)18(20)21;2*1-3-4-2;/h2*17,19H,2-16H2,1H3,(H,20,21);2*1,3-4H2,2H3;/q;;;;+2/p-2. The summed E-state index contributed by atoms with van der Waals surface area (Å²) in [5.74, 6) is -2.69. The van der Waals surface area contributed by atoms with Crippen LogP contribution in [0.4, 0.5) is 0 Å². The van der Waals surface area contributed by atoms with E-state index in [2.05, 4.69) is 27.7 Å². The number of carboxylic acids is 2. The monoisotopic (exact) mass is 833 g/mol. The van der Waals surface area contributed by atoms with Gasteiger partial charge in [0.15, 0.2) is 0 Å². The molecule has 0 aromatic rings. The van der Waals surface area contributed by atoms with Gasteiger partial charge in [-0.2, -0.15) is 0 Å². The Labute approximate surface area is 328 Å². The second kappa shape index (κ2) is 49.7.